The van der Waals surface area contributed by atoms with Crippen molar-refractivity contribution in [2.24, 2.45) is 4.99 Å². The highest BCUT2D eigenvalue weighted by Crippen LogP contribution is 2.45. The van der Waals surface area contributed by atoms with Crippen LogP contribution in [0.2, 0.25) is 0 Å². The van der Waals surface area contributed by atoms with Gasteiger partial charge in [0.05, 0.1) is 30.8 Å². The fourth-order valence-corrected chi connectivity index (χ4v) is 4.65. The molecule has 0 spiro atoms. The van der Waals surface area contributed by atoms with Crippen molar-refractivity contribution in [1.29, 1.82) is 0 Å². The molecule has 2 aliphatic heterocycles. The van der Waals surface area contributed by atoms with Crippen LogP contribution in [0.15, 0.2) is 51.6 Å². The molecule has 1 amide bonds. The quantitative estimate of drug-likeness (QED) is 0.593. The van der Waals surface area contributed by atoms with Crippen LogP contribution < -0.4 is 0 Å². The van der Waals surface area contributed by atoms with Crippen LogP contribution in [0, 0.1) is 0 Å². The largest absolute Gasteiger partial charge is 0.466 e. The van der Waals surface area contributed by atoms with Crippen LogP contribution in [0.5, 0.6) is 0 Å². The Morgan fingerprint density at radius 2 is 1.84 bits per heavy atom. The third kappa shape index (κ3) is 4.56. The van der Waals surface area contributed by atoms with E-state index in [9.17, 15) is 9.59 Å². The molecule has 1 aromatic carbocycles. The molecule has 7 heteroatoms. The molecule has 0 saturated carbocycles. The number of thioether (sulfide) groups is 1. The zero-order chi connectivity index (χ0) is 22.9. The molecule has 1 aromatic rings. The van der Waals surface area contributed by atoms with Crippen molar-refractivity contribution >= 4 is 28.8 Å². The third-order valence-electron chi connectivity index (χ3n) is 5.83. The van der Waals surface area contributed by atoms with Crippen molar-refractivity contribution in [2.45, 2.75) is 59.0 Å². The van der Waals surface area contributed by atoms with Crippen molar-refractivity contribution in [3.8, 4) is 0 Å². The molecule has 0 bridgehead atoms. The normalized spacial score (nSPS) is 18.2. The number of amidine groups is 1. The lowest BCUT2D eigenvalue weighted by molar-refractivity contribution is -0.136. The smallest absolute Gasteiger partial charge is 0.338 e. The van der Waals surface area contributed by atoms with Crippen LogP contribution in [-0.4, -0.2) is 47.0 Å². The number of aliphatic imine (C=N–C) groups is 1. The summed E-state index contributed by atoms with van der Waals surface area (Å²) in [7, 11) is 3.20. The van der Waals surface area contributed by atoms with Gasteiger partial charge in [-0.1, -0.05) is 49.9 Å². The summed E-state index contributed by atoms with van der Waals surface area (Å²) in [5.74, 6) is 0.0416. The molecule has 0 aliphatic carbocycles. The average molecular weight is 442 g/mol. The van der Waals surface area contributed by atoms with E-state index in [1.165, 1.54) is 24.4 Å². The van der Waals surface area contributed by atoms with Crippen LogP contribution >= 0.6 is 11.8 Å². The molecule has 1 atom stereocenters. The maximum Gasteiger partial charge on any atom is 0.338 e. The highest BCUT2D eigenvalue weighted by molar-refractivity contribution is 8.16. The SMILES string of the molecule is COC(=O)C1=C(C)N=C2SC=C(CC(=O)N(C)C(C)C)N2C1c1ccc(C(C)C)cc1. The van der Waals surface area contributed by atoms with Gasteiger partial charge in [-0.25, -0.2) is 9.79 Å². The first-order valence-electron chi connectivity index (χ1n) is 10.5. The van der Waals surface area contributed by atoms with Gasteiger partial charge in [0.2, 0.25) is 5.91 Å². The summed E-state index contributed by atoms with van der Waals surface area (Å²) in [4.78, 5) is 34.0. The molecule has 0 aromatic heterocycles. The molecule has 6 nitrogen and oxygen atoms in total. The highest BCUT2D eigenvalue weighted by Gasteiger charge is 2.41. The van der Waals surface area contributed by atoms with E-state index in [2.05, 4.69) is 43.1 Å². The summed E-state index contributed by atoms with van der Waals surface area (Å²) in [6, 6.07) is 8.03. The van der Waals surface area contributed by atoms with E-state index in [0.29, 0.717) is 17.2 Å². The third-order valence-corrected chi connectivity index (χ3v) is 6.71. The monoisotopic (exact) mass is 441 g/mol. The van der Waals surface area contributed by atoms with E-state index in [4.69, 9.17) is 4.74 Å². The number of ether oxygens (including phenoxy) is 1. The minimum Gasteiger partial charge on any atom is -0.466 e. The van der Waals surface area contributed by atoms with Gasteiger partial charge in [-0.2, -0.15) is 0 Å². The Labute approximate surface area is 189 Å². The number of hydrogen-bond acceptors (Lipinski definition) is 6. The Balaban J connectivity index is 2.04. The molecular formula is C24H31N3O3S. The number of rotatable bonds is 6. The van der Waals surface area contributed by atoms with Gasteiger partial charge < -0.3 is 14.5 Å². The molecule has 0 saturated heterocycles. The first-order chi connectivity index (χ1) is 14.6. The lowest BCUT2D eigenvalue weighted by Crippen LogP contribution is -2.39. The molecule has 1 unspecified atom stereocenters. The number of fused-ring (bicyclic) bond motifs is 1. The van der Waals surface area contributed by atoms with Crippen molar-refractivity contribution in [3.05, 3.63) is 57.8 Å². The number of allylic oxidation sites excluding steroid dienone is 1. The van der Waals surface area contributed by atoms with Crippen LogP contribution in [-0.2, 0) is 14.3 Å². The average Bonchev–Trinajstić information content (AvgIpc) is 3.13. The number of amides is 1. The number of nitrogens with zero attached hydrogens (tertiary/aromatic N) is 3. The minimum absolute atomic E-state index is 0.0305. The fourth-order valence-electron chi connectivity index (χ4n) is 3.69. The molecule has 0 N–H and O–H groups in total. The van der Waals surface area contributed by atoms with Gasteiger partial charge in [0.1, 0.15) is 0 Å². The predicted molar refractivity (Wildman–Crippen MR) is 125 cm³/mol. The summed E-state index contributed by atoms with van der Waals surface area (Å²) in [6.45, 7) is 10.1. The second kappa shape index (κ2) is 9.30. The summed E-state index contributed by atoms with van der Waals surface area (Å²) in [5, 5.41) is 2.74. The Hall–Kier alpha value is -2.54. The van der Waals surface area contributed by atoms with E-state index in [1.54, 1.807) is 4.90 Å². The van der Waals surface area contributed by atoms with Gasteiger partial charge >= 0.3 is 5.97 Å². The van der Waals surface area contributed by atoms with E-state index in [1.807, 2.05) is 38.1 Å². The lowest BCUT2D eigenvalue weighted by atomic mass is 9.92. The van der Waals surface area contributed by atoms with Gasteiger partial charge in [-0.05, 0) is 43.2 Å². The Kier molecular flexibility index (Phi) is 6.94. The molecule has 2 aliphatic rings. The first kappa shape index (κ1) is 23.1. The Morgan fingerprint density at radius 1 is 1.19 bits per heavy atom. The number of carbonyl (C=O) groups excluding carboxylic acids is 2. The Morgan fingerprint density at radius 3 is 2.39 bits per heavy atom. The second-order valence-electron chi connectivity index (χ2n) is 8.48. The fraction of sp³-hybridized carbons (Fsp3) is 0.458. The molecule has 0 radical (unpaired) electrons. The van der Waals surface area contributed by atoms with Gasteiger partial charge in [0, 0.05) is 18.8 Å². The number of hydrogen-bond donors (Lipinski definition) is 0. The number of esters is 1. The van der Waals surface area contributed by atoms with Crippen molar-refractivity contribution in [1.82, 2.24) is 9.80 Å². The zero-order valence-electron chi connectivity index (χ0n) is 19.3. The lowest BCUT2D eigenvalue weighted by Gasteiger charge is -2.36. The summed E-state index contributed by atoms with van der Waals surface area (Å²) < 4.78 is 5.11. The zero-order valence-corrected chi connectivity index (χ0v) is 20.1. The maximum absolute atomic E-state index is 12.8. The first-order valence-corrected chi connectivity index (χ1v) is 11.4. The Bertz CT molecular complexity index is 961. The van der Waals surface area contributed by atoms with Crippen molar-refractivity contribution in [2.75, 3.05) is 14.2 Å². The van der Waals surface area contributed by atoms with E-state index >= 15 is 0 Å². The van der Waals surface area contributed by atoms with Crippen molar-refractivity contribution < 1.29 is 14.3 Å². The van der Waals surface area contributed by atoms with E-state index in [0.717, 1.165) is 16.4 Å². The molecule has 3 rings (SSSR count). The summed E-state index contributed by atoms with van der Waals surface area (Å²) in [6.07, 6.45) is 0.245. The van der Waals surface area contributed by atoms with Gasteiger partial charge in [-0.15, -0.1) is 0 Å². The number of benzene rings is 1. The van der Waals surface area contributed by atoms with Crippen LogP contribution in [0.1, 0.15) is 64.1 Å². The molecular weight excluding hydrogens is 410 g/mol. The predicted octanol–water partition coefficient (Wildman–Crippen LogP) is 4.81. The standard InChI is InChI=1S/C24H31N3O3S/c1-14(2)17-8-10-18(11-9-17)22-21(23(29)30-7)16(5)25-24-27(22)19(13-31-24)12-20(28)26(6)15(3)4/h8-11,13-15,22H,12H2,1-7H3. The highest BCUT2D eigenvalue weighted by atomic mass is 32.2. The van der Waals surface area contributed by atoms with E-state index < -0.39 is 5.97 Å². The van der Waals surface area contributed by atoms with Gasteiger partial charge in [0.25, 0.3) is 0 Å². The summed E-state index contributed by atoms with van der Waals surface area (Å²) >= 11 is 1.48. The van der Waals surface area contributed by atoms with E-state index in [-0.39, 0.29) is 24.4 Å². The van der Waals surface area contributed by atoms with Crippen LogP contribution in [0.3, 0.4) is 0 Å². The van der Waals surface area contributed by atoms with Crippen LogP contribution in [0.25, 0.3) is 0 Å². The molecule has 2 heterocycles. The minimum atomic E-state index is -0.403. The van der Waals surface area contributed by atoms with Gasteiger partial charge in [-0.3, -0.25) is 4.79 Å². The summed E-state index contributed by atoms with van der Waals surface area (Å²) in [5.41, 5.74) is 4.18. The molecule has 31 heavy (non-hydrogen) atoms. The number of carbonyl (C=O) groups is 2. The van der Waals surface area contributed by atoms with Crippen molar-refractivity contribution in [3.63, 3.8) is 0 Å². The van der Waals surface area contributed by atoms with Gasteiger partial charge in [0.15, 0.2) is 5.17 Å². The molecule has 0 fully saturated rings. The maximum atomic E-state index is 12.8. The molecule has 166 valence electrons. The second-order valence-corrected chi connectivity index (χ2v) is 9.32. The topological polar surface area (TPSA) is 62.2 Å². The number of methoxy groups -OCH3 is 1. The van der Waals surface area contributed by atoms with Crippen LogP contribution in [0.4, 0.5) is 0 Å².